The largest absolute Gasteiger partial charge is 0.460 e. The Kier molecular flexibility index (Phi) is 5.88. The highest BCUT2D eigenvalue weighted by Crippen LogP contribution is 2.42. The summed E-state index contributed by atoms with van der Waals surface area (Å²) >= 11 is 12.5. The lowest BCUT2D eigenvalue weighted by atomic mass is 9.85. The Labute approximate surface area is 213 Å². The van der Waals surface area contributed by atoms with Gasteiger partial charge in [-0.05, 0) is 36.8 Å². The normalized spacial score (nSPS) is 14.8. The van der Waals surface area contributed by atoms with E-state index in [0.717, 1.165) is 4.40 Å². The average Bonchev–Trinajstić information content (AvgIpc) is 3.24. The van der Waals surface area contributed by atoms with Crippen molar-refractivity contribution in [3.8, 4) is 17.6 Å². The number of carbonyl (C=O) groups is 1. The molecule has 5 rings (SSSR count). The number of halogens is 2. The van der Waals surface area contributed by atoms with Gasteiger partial charge in [0.25, 0.3) is 5.56 Å². The Morgan fingerprint density at radius 1 is 1.25 bits per heavy atom. The number of carbonyl (C=O) groups excluding carboxylic acids is 1. The third-order valence-corrected chi connectivity index (χ3v) is 6.13. The summed E-state index contributed by atoms with van der Waals surface area (Å²) in [7, 11) is 0. The molecule has 0 radical (unpaired) electrons. The smallest absolute Gasteiger partial charge is 0.376 e. The molecule has 3 heterocycles. The molecule has 12 heteroatoms. The lowest BCUT2D eigenvalue weighted by molar-refractivity contribution is 0.0509. The first-order valence-electron chi connectivity index (χ1n) is 10.7. The van der Waals surface area contributed by atoms with Gasteiger partial charge < -0.3 is 15.2 Å². The Hall–Kier alpha value is -4.33. The molecule has 0 bridgehead atoms. The van der Waals surface area contributed by atoms with Crippen molar-refractivity contribution in [2.75, 3.05) is 6.61 Å². The van der Waals surface area contributed by atoms with Gasteiger partial charge in [0.2, 0.25) is 23.4 Å². The second kappa shape index (κ2) is 9.03. The molecule has 1 aliphatic rings. The van der Waals surface area contributed by atoms with E-state index in [4.69, 9.17) is 38.4 Å². The lowest BCUT2D eigenvalue weighted by Crippen LogP contribution is -2.32. The minimum Gasteiger partial charge on any atom is -0.460 e. The van der Waals surface area contributed by atoms with Gasteiger partial charge in [-0.25, -0.2) is 9.20 Å². The van der Waals surface area contributed by atoms with Crippen LogP contribution < -0.4 is 16.0 Å². The summed E-state index contributed by atoms with van der Waals surface area (Å²) in [5, 5.41) is 14.8. The summed E-state index contributed by atoms with van der Waals surface area (Å²) in [6, 6.07) is 15.4. The van der Waals surface area contributed by atoms with Gasteiger partial charge in [-0.1, -0.05) is 47.5 Å². The van der Waals surface area contributed by atoms with Crippen LogP contribution in [0.5, 0.6) is 5.88 Å². The van der Waals surface area contributed by atoms with Crippen LogP contribution in [0.4, 0.5) is 0 Å². The summed E-state index contributed by atoms with van der Waals surface area (Å²) in [6.07, 6.45) is 0. The van der Waals surface area contributed by atoms with E-state index in [1.807, 2.05) is 6.07 Å². The molecule has 0 saturated heterocycles. The van der Waals surface area contributed by atoms with E-state index >= 15 is 0 Å². The number of rotatable bonds is 4. The molecule has 10 nitrogen and oxygen atoms in total. The molecule has 180 valence electrons. The summed E-state index contributed by atoms with van der Waals surface area (Å²) in [5.74, 6) is -2.53. The van der Waals surface area contributed by atoms with Crippen molar-refractivity contribution < 1.29 is 14.3 Å². The molecule has 2 N–H and O–H groups in total. The van der Waals surface area contributed by atoms with Crippen molar-refractivity contribution in [3.05, 3.63) is 97.3 Å². The van der Waals surface area contributed by atoms with Gasteiger partial charge in [-0.15, -0.1) is 5.10 Å². The quantitative estimate of drug-likeness (QED) is 0.401. The monoisotopic (exact) mass is 522 g/mol. The highest BCUT2D eigenvalue weighted by molar-refractivity contribution is 6.35. The van der Waals surface area contributed by atoms with E-state index in [9.17, 15) is 14.9 Å². The number of benzene rings is 2. The van der Waals surface area contributed by atoms with Crippen LogP contribution in [0, 0.1) is 11.3 Å². The summed E-state index contributed by atoms with van der Waals surface area (Å²) in [4.78, 5) is 31.3. The average molecular weight is 523 g/mol. The number of fused-ring (bicyclic) bond motifs is 2. The zero-order valence-corrected chi connectivity index (χ0v) is 20.1. The van der Waals surface area contributed by atoms with Crippen LogP contribution in [-0.4, -0.2) is 31.7 Å². The standard InChI is InChI=1S/C24H16Cl2N6O4/c1-2-35-23(34)20-30-32(13-6-4-3-5-7-13)24-29-21-18(22(33)31(20)24)17(15(11-27)19(28)36-21)14-9-8-12(25)10-16(14)26/h3-10,17H,2,28H2,1H3. The van der Waals surface area contributed by atoms with Crippen molar-refractivity contribution in [1.82, 2.24) is 19.2 Å². The van der Waals surface area contributed by atoms with Crippen molar-refractivity contribution in [2.45, 2.75) is 12.8 Å². The molecule has 1 aliphatic heterocycles. The minimum atomic E-state index is -1.03. The zero-order valence-electron chi connectivity index (χ0n) is 18.6. The van der Waals surface area contributed by atoms with Crippen molar-refractivity contribution >= 4 is 34.9 Å². The molecule has 36 heavy (non-hydrogen) atoms. The van der Waals surface area contributed by atoms with E-state index in [0.29, 0.717) is 16.3 Å². The van der Waals surface area contributed by atoms with E-state index < -0.39 is 17.4 Å². The molecule has 0 amide bonds. The molecule has 1 unspecified atom stereocenters. The number of hydrogen-bond acceptors (Lipinski definition) is 8. The highest BCUT2D eigenvalue weighted by Gasteiger charge is 2.38. The minimum absolute atomic E-state index is 0.0119. The molecular weight excluding hydrogens is 507 g/mol. The first-order valence-corrected chi connectivity index (χ1v) is 11.4. The Morgan fingerprint density at radius 2 is 2.00 bits per heavy atom. The second-order valence-corrected chi connectivity index (χ2v) is 8.50. The molecule has 2 aromatic carbocycles. The molecule has 0 aliphatic carbocycles. The van der Waals surface area contributed by atoms with Crippen LogP contribution in [-0.2, 0) is 4.74 Å². The maximum Gasteiger partial charge on any atom is 0.376 e. The Morgan fingerprint density at radius 3 is 2.67 bits per heavy atom. The predicted octanol–water partition coefficient (Wildman–Crippen LogP) is 3.58. The number of esters is 1. The van der Waals surface area contributed by atoms with Crippen LogP contribution in [0.3, 0.4) is 0 Å². The fraction of sp³-hybridized carbons (Fsp3) is 0.125. The van der Waals surface area contributed by atoms with E-state index in [-0.39, 0.29) is 46.1 Å². The van der Waals surface area contributed by atoms with Crippen molar-refractivity contribution in [1.29, 1.82) is 5.26 Å². The van der Waals surface area contributed by atoms with E-state index in [1.54, 1.807) is 49.4 Å². The van der Waals surface area contributed by atoms with Crippen LogP contribution in [0.1, 0.15) is 34.6 Å². The first-order chi connectivity index (χ1) is 17.3. The molecule has 4 aromatic rings. The van der Waals surface area contributed by atoms with Gasteiger partial charge in [0.15, 0.2) is 0 Å². The Balaban J connectivity index is 1.87. The summed E-state index contributed by atoms with van der Waals surface area (Å²) in [6.45, 7) is 1.70. The molecule has 2 aromatic heterocycles. The maximum absolute atomic E-state index is 14.0. The SMILES string of the molecule is CCOC(=O)c1nn(-c2ccccc2)c2nc3c(c(=O)n12)C(c1ccc(Cl)cc1Cl)C(C#N)=C(N)O3. The number of hydrogen-bond donors (Lipinski definition) is 1. The van der Waals surface area contributed by atoms with Gasteiger partial charge in [0, 0.05) is 10.0 Å². The number of para-hydroxylation sites is 1. The number of allylic oxidation sites excluding steroid dienone is 1. The van der Waals surface area contributed by atoms with E-state index in [2.05, 4.69) is 10.1 Å². The predicted molar refractivity (Wildman–Crippen MR) is 130 cm³/mol. The lowest BCUT2D eigenvalue weighted by Gasteiger charge is -2.25. The van der Waals surface area contributed by atoms with Gasteiger partial charge >= 0.3 is 5.97 Å². The molecule has 1 atom stereocenters. The number of nitrogens with two attached hydrogens (primary N) is 1. The van der Waals surface area contributed by atoms with Crippen LogP contribution in [0.15, 0.2) is 64.8 Å². The number of nitriles is 1. The van der Waals surface area contributed by atoms with Crippen molar-refractivity contribution in [2.24, 2.45) is 5.73 Å². The van der Waals surface area contributed by atoms with Gasteiger partial charge in [0.1, 0.15) is 11.6 Å². The highest BCUT2D eigenvalue weighted by atomic mass is 35.5. The van der Waals surface area contributed by atoms with Crippen LogP contribution >= 0.6 is 23.2 Å². The summed E-state index contributed by atoms with van der Waals surface area (Å²) < 4.78 is 13.1. The number of aromatic nitrogens is 4. The molecular formula is C24H16Cl2N6O4. The Bertz CT molecular complexity index is 1670. The maximum atomic E-state index is 14.0. The fourth-order valence-corrected chi connectivity index (χ4v) is 4.55. The second-order valence-electron chi connectivity index (χ2n) is 7.65. The molecule has 0 saturated carbocycles. The van der Waals surface area contributed by atoms with Crippen LogP contribution in [0.25, 0.3) is 11.5 Å². The van der Waals surface area contributed by atoms with Gasteiger partial charge in [0.05, 0.1) is 23.8 Å². The molecule has 0 spiro atoms. The topological polar surface area (TPSA) is 138 Å². The third-order valence-electron chi connectivity index (χ3n) is 5.56. The zero-order chi connectivity index (χ0) is 25.6. The van der Waals surface area contributed by atoms with E-state index in [1.165, 1.54) is 10.7 Å². The van der Waals surface area contributed by atoms with Gasteiger partial charge in [-0.2, -0.15) is 14.9 Å². The molecule has 0 fully saturated rings. The summed E-state index contributed by atoms with van der Waals surface area (Å²) in [5.41, 5.74) is 6.21. The van der Waals surface area contributed by atoms with Crippen molar-refractivity contribution in [3.63, 3.8) is 0 Å². The number of nitrogens with zero attached hydrogens (tertiary/aromatic N) is 5. The van der Waals surface area contributed by atoms with Crippen LogP contribution in [0.2, 0.25) is 10.0 Å². The number of ether oxygens (including phenoxy) is 2. The van der Waals surface area contributed by atoms with Gasteiger partial charge in [-0.3, -0.25) is 4.79 Å². The fourth-order valence-electron chi connectivity index (χ4n) is 4.03. The first kappa shape index (κ1) is 23.4. The third kappa shape index (κ3) is 3.66.